The number of rotatable bonds is 2. The number of aromatic nitrogens is 1. The Kier molecular flexibility index (Phi) is 2.92. The molecule has 0 aliphatic rings. The first-order chi connectivity index (χ1) is 7.65. The Hall–Kier alpha value is -1.42. The molecule has 4 heteroatoms. The summed E-state index contributed by atoms with van der Waals surface area (Å²) in [6, 6.07) is 6.10. The topological polar surface area (TPSA) is 33.2 Å². The highest BCUT2D eigenvalue weighted by Crippen LogP contribution is 2.31. The summed E-state index contributed by atoms with van der Waals surface area (Å²) >= 11 is 1.44. The standard InChI is InChI=1S/C12H14N2OS/c1-4-10(15)14(3)12-11-8(2)6-5-7-9(11)16-13-12/h5-7H,4H2,1-3H3. The van der Waals surface area contributed by atoms with E-state index in [0.717, 1.165) is 21.5 Å². The molecule has 1 aromatic heterocycles. The predicted octanol–water partition coefficient (Wildman–Crippen LogP) is 2.98. The molecule has 0 unspecified atom stereocenters. The Morgan fingerprint density at radius 3 is 2.94 bits per heavy atom. The Morgan fingerprint density at radius 2 is 2.25 bits per heavy atom. The molecule has 1 aromatic carbocycles. The molecule has 0 radical (unpaired) electrons. The monoisotopic (exact) mass is 234 g/mol. The molecule has 0 aliphatic carbocycles. The van der Waals surface area contributed by atoms with Crippen molar-refractivity contribution in [3.63, 3.8) is 0 Å². The largest absolute Gasteiger partial charge is 0.299 e. The van der Waals surface area contributed by atoms with Crippen LogP contribution in [0.2, 0.25) is 0 Å². The van der Waals surface area contributed by atoms with Gasteiger partial charge < -0.3 is 0 Å². The van der Waals surface area contributed by atoms with Gasteiger partial charge in [-0.25, -0.2) is 0 Å². The van der Waals surface area contributed by atoms with Crippen LogP contribution < -0.4 is 4.90 Å². The summed E-state index contributed by atoms with van der Waals surface area (Å²) in [7, 11) is 1.78. The molecule has 0 aliphatic heterocycles. The van der Waals surface area contributed by atoms with Gasteiger partial charge in [0.1, 0.15) is 0 Å². The van der Waals surface area contributed by atoms with Crippen molar-refractivity contribution in [2.75, 3.05) is 11.9 Å². The molecule has 0 fully saturated rings. The quantitative estimate of drug-likeness (QED) is 0.800. The van der Waals surface area contributed by atoms with Gasteiger partial charge in [-0.3, -0.25) is 9.69 Å². The number of fused-ring (bicyclic) bond motifs is 1. The zero-order chi connectivity index (χ0) is 11.7. The van der Waals surface area contributed by atoms with Crippen molar-refractivity contribution < 1.29 is 4.79 Å². The molecule has 0 saturated carbocycles. The van der Waals surface area contributed by atoms with Crippen LogP contribution in [-0.2, 0) is 4.79 Å². The lowest BCUT2D eigenvalue weighted by Gasteiger charge is -2.14. The maximum atomic E-state index is 11.7. The van der Waals surface area contributed by atoms with Crippen LogP contribution >= 0.6 is 11.5 Å². The average molecular weight is 234 g/mol. The zero-order valence-electron chi connectivity index (χ0n) is 9.65. The lowest BCUT2D eigenvalue weighted by atomic mass is 10.1. The second-order valence-electron chi connectivity index (χ2n) is 3.76. The second kappa shape index (κ2) is 4.22. The number of hydrogen-bond acceptors (Lipinski definition) is 3. The average Bonchev–Trinajstić information content (AvgIpc) is 2.72. The van der Waals surface area contributed by atoms with Gasteiger partial charge in [0.05, 0.1) is 4.70 Å². The maximum absolute atomic E-state index is 11.7. The zero-order valence-corrected chi connectivity index (χ0v) is 10.5. The van der Waals surface area contributed by atoms with E-state index >= 15 is 0 Å². The third-order valence-electron chi connectivity index (χ3n) is 2.68. The van der Waals surface area contributed by atoms with Crippen LogP contribution in [0.1, 0.15) is 18.9 Å². The van der Waals surface area contributed by atoms with Crippen molar-refractivity contribution in [1.29, 1.82) is 0 Å². The van der Waals surface area contributed by atoms with Crippen molar-refractivity contribution in [1.82, 2.24) is 4.37 Å². The lowest BCUT2D eigenvalue weighted by Crippen LogP contribution is -2.25. The molecule has 84 valence electrons. The fourth-order valence-electron chi connectivity index (χ4n) is 1.73. The van der Waals surface area contributed by atoms with Crippen molar-refractivity contribution in [2.24, 2.45) is 0 Å². The summed E-state index contributed by atoms with van der Waals surface area (Å²) in [6.45, 7) is 3.91. The molecular weight excluding hydrogens is 220 g/mol. The molecule has 2 rings (SSSR count). The number of hydrogen-bond donors (Lipinski definition) is 0. The number of nitrogens with zero attached hydrogens (tertiary/aromatic N) is 2. The predicted molar refractivity (Wildman–Crippen MR) is 68.1 cm³/mol. The van der Waals surface area contributed by atoms with E-state index in [0.29, 0.717) is 6.42 Å². The highest BCUT2D eigenvalue weighted by atomic mass is 32.1. The molecular formula is C12H14N2OS. The highest BCUT2D eigenvalue weighted by Gasteiger charge is 2.16. The molecule has 0 N–H and O–H groups in total. The number of carbonyl (C=O) groups excluding carboxylic acids is 1. The summed E-state index contributed by atoms with van der Waals surface area (Å²) in [4.78, 5) is 13.3. The summed E-state index contributed by atoms with van der Waals surface area (Å²) in [5.74, 6) is 0.875. The first kappa shape index (κ1) is 11.1. The van der Waals surface area contributed by atoms with E-state index in [1.165, 1.54) is 11.5 Å². The minimum atomic E-state index is 0.0930. The van der Waals surface area contributed by atoms with E-state index in [-0.39, 0.29) is 5.91 Å². The van der Waals surface area contributed by atoms with Crippen LogP contribution in [0.4, 0.5) is 5.82 Å². The fourth-order valence-corrected chi connectivity index (χ4v) is 2.61. The number of aryl methyl sites for hydroxylation is 1. The third kappa shape index (κ3) is 1.69. The van der Waals surface area contributed by atoms with Gasteiger partial charge in [0.25, 0.3) is 0 Å². The minimum absolute atomic E-state index is 0.0930. The first-order valence-electron chi connectivity index (χ1n) is 5.26. The Balaban J connectivity index is 2.57. The van der Waals surface area contributed by atoms with E-state index in [1.54, 1.807) is 11.9 Å². The van der Waals surface area contributed by atoms with Gasteiger partial charge in [-0.05, 0) is 30.1 Å². The number of carbonyl (C=O) groups is 1. The van der Waals surface area contributed by atoms with Gasteiger partial charge in [-0.2, -0.15) is 4.37 Å². The normalized spacial score (nSPS) is 10.7. The van der Waals surface area contributed by atoms with Crippen LogP contribution in [0.25, 0.3) is 10.1 Å². The Bertz CT molecular complexity index is 533. The Morgan fingerprint density at radius 1 is 1.50 bits per heavy atom. The van der Waals surface area contributed by atoms with Crippen LogP contribution in [-0.4, -0.2) is 17.3 Å². The summed E-state index contributed by atoms with van der Waals surface area (Å²) in [6.07, 6.45) is 0.501. The van der Waals surface area contributed by atoms with E-state index < -0.39 is 0 Å². The minimum Gasteiger partial charge on any atom is -0.299 e. The van der Waals surface area contributed by atoms with Crippen LogP contribution in [0.5, 0.6) is 0 Å². The molecule has 2 aromatic rings. The first-order valence-corrected chi connectivity index (χ1v) is 6.04. The van der Waals surface area contributed by atoms with Gasteiger partial charge in [0.15, 0.2) is 5.82 Å². The van der Waals surface area contributed by atoms with Crippen LogP contribution in [0.3, 0.4) is 0 Å². The maximum Gasteiger partial charge on any atom is 0.227 e. The van der Waals surface area contributed by atoms with E-state index in [1.807, 2.05) is 32.0 Å². The van der Waals surface area contributed by atoms with Gasteiger partial charge in [0, 0.05) is 18.9 Å². The van der Waals surface area contributed by atoms with Gasteiger partial charge in [0.2, 0.25) is 5.91 Å². The molecule has 0 saturated heterocycles. The lowest BCUT2D eigenvalue weighted by molar-refractivity contribution is -0.118. The van der Waals surface area contributed by atoms with Crippen LogP contribution in [0, 0.1) is 6.92 Å². The second-order valence-corrected chi connectivity index (χ2v) is 4.57. The van der Waals surface area contributed by atoms with Crippen molar-refractivity contribution >= 4 is 33.3 Å². The van der Waals surface area contributed by atoms with E-state index in [2.05, 4.69) is 4.37 Å². The molecule has 1 heterocycles. The Labute approximate surface area is 98.9 Å². The van der Waals surface area contributed by atoms with Crippen molar-refractivity contribution in [2.45, 2.75) is 20.3 Å². The third-order valence-corrected chi connectivity index (χ3v) is 3.48. The molecule has 16 heavy (non-hydrogen) atoms. The smallest absolute Gasteiger partial charge is 0.227 e. The van der Waals surface area contributed by atoms with Crippen molar-refractivity contribution in [3.8, 4) is 0 Å². The van der Waals surface area contributed by atoms with Gasteiger partial charge in [-0.15, -0.1) is 0 Å². The molecule has 0 bridgehead atoms. The number of benzene rings is 1. The SMILES string of the molecule is CCC(=O)N(C)c1nsc2cccc(C)c12. The van der Waals surface area contributed by atoms with Crippen LogP contribution in [0.15, 0.2) is 18.2 Å². The fraction of sp³-hybridized carbons (Fsp3) is 0.333. The molecule has 0 atom stereocenters. The number of anilines is 1. The van der Waals surface area contributed by atoms with E-state index in [9.17, 15) is 4.79 Å². The number of amides is 1. The summed E-state index contributed by atoms with van der Waals surface area (Å²) in [5.41, 5.74) is 1.16. The molecule has 3 nitrogen and oxygen atoms in total. The van der Waals surface area contributed by atoms with Gasteiger partial charge >= 0.3 is 0 Å². The highest BCUT2D eigenvalue weighted by molar-refractivity contribution is 7.13. The summed E-state index contributed by atoms with van der Waals surface area (Å²) in [5, 5.41) is 1.09. The molecule has 0 spiro atoms. The van der Waals surface area contributed by atoms with Crippen molar-refractivity contribution in [3.05, 3.63) is 23.8 Å². The van der Waals surface area contributed by atoms with Gasteiger partial charge in [-0.1, -0.05) is 19.1 Å². The molecule has 1 amide bonds. The summed E-state index contributed by atoms with van der Waals surface area (Å²) < 4.78 is 5.50. The van der Waals surface area contributed by atoms with E-state index in [4.69, 9.17) is 0 Å².